The highest BCUT2D eigenvalue weighted by molar-refractivity contribution is 6.04. The maximum absolute atomic E-state index is 12.4. The van der Waals surface area contributed by atoms with Crippen molar-refractivity contribution < 1.29 is 9.53 Å². The number of carbonyl (C=O) groups is 1. The number of rotatable bonds is 4. The number of nitrogens with zero attached hydrogens (tertiary/aromatic N) is 3. The van der Waals surface area contributed by atoms with Crippen molar-refractivity contribution in [3.8, 4) is 0 Å². The van der Waals surface area contributed by atoms with Crippen LogP contribution in [0.3, 0.4) is 0 Å². The number of ether oxygens (including phenoxy) is 1. The van der Waals surface area contributed by atoms with E-state index < -0.39 is 0 Å². The van der Waals surface area contributed by atoms with Crippen molar-refractivity contribution in [2.75, 3.05) is 6.61 Å². The molecule has 2 aromatic heterocycles. The summed E-state index contributed by atoms with van der Waals surface area (Å²) in [5, 5.41) is 0.797. The minimum absolute atomic E-state index is 0.278. The van der Waals surface area contributed by atoms with Gasteiger partial charge in [-0.1, -0.05) is 19.3 Å². The van der Waals surface area contributed by atoms with Crippen LogP contribution in [0.4, 0.5) is 0 Å². The van der Waals surface area contributed by atoms with Crippen molar-refractivity contribution in [2.24, 2.45) is 5.92 Å². The number of carbonyl (C=O) groups excluding carboxylic acids is 1. The third-order valence-corrected chi connectivity index (χ3v) is 5.13. The highest BCUT2D eigenvalue weighted by Gasteiger charge is 2.28. The van der Waals surface area contributed by atoms with Gasteiger partial charge in [0.2, 0.25) is 0 Å². The smallest absolute Gasteiger partial charge is 0.340 e. The van der Waals surface area contributed by atoms with Crippen molar-refractivity contribution in [2.45, 2.75) is 58.9 Å². The van der Waals surface area contributed by atoms with E-state index in [2.05, 4.69) is 21.5 Å². The average molecular weight is 315 g/mol. The minimum atomic E-state index is -0.278. The number of esters is 1. The van der Waals surface area contributed by atoms with Crippen LogP contribution in [0.2, 0.25) is 0 Å². The van der Waals surface area contributed by atoms with Gasteiger partial charge in [0.15, 0.2) is 0 Å². The monoisotopic (exact) mass is 315 g/mol. The molecule has 2 aromatic rings. The van der Waals surface area contributed by atoms with Crippen molar-refractivity contribution in [3.63, 3.8) is 0 Å². The molecule has 0 N–H and O–H groups in total. The van der Waals surface area contributed by atoms with Crippen LogP contribution in [0, 0.1) is 12.8 Å². The zero-order valence-corrected chi connectivity index (χ0v) is 14.2. The fourth-order valence-electron chi connectivity index (χ4n) is 3.95. The molecule has 2 heterocycles. The minimum Gasteiger partial charge on any atom is -0.462 e. The Morgan fingerprint density at radius 1 is 1.39 bits per heavy atom. The standard InChI is InChI=1S/C18H25N3O2/c1-4-23-18(22)16-13(3)21(17-15(16)10-19-11-20-17)12(2)14-8-6-5-7-9-14/h10-12,14H,4-9H2,1-3H3. The molecular weight excluding hydrogens is 290 g/mol. The van der Waals surface area contributed by atoms with Crippen molar-refractivity contribution in [3.05, 3.63) is 23.8 Å². The van der Waals surface area contributed by atoms with Crippen LogP contribution in [0.25, 0.3) is 11.0 Å². The van der Waals surface area contributed by atoms with E-state index in [1.165, 1.54) is 32.1 Å². The van der Waals surface area contributed by atoms with E-state index in [9.17, 15) is 4.79 Å². The molecule has 5 nitrogen and oxygen atoms in total. The Bertz CT molecular complexity index is 702. The first-order valence-electron chi connectivity index (χ1n) is 8.62. The predicted molar refractivity (Wildman–Crippen MR) is 89.5 cm³/mol. The Morgan fingerprint density at radius 3 is 2.83 bits per heavy atom. The molecule has 0 aliphatic heterocycles. The second-order valence-corrected chi connectivity index (χ2v) is 6.45. The predicted octanol–water partition coefficient (Wildman–Crippen LogP) is 4.06. The van der Waals surface area contributed by atoms with Crippen LogP contribution in [0.15, 0.2) is 12.5 Å². The van der Waals surface area contributed by atoms with Gasteiger partial charge in [0.05, 0.1) is 17.6 Å². The second-order valence-electron chi connectivity index (χ2n) is 6.45. The van der Waals surface area contributed by atoms with Crippen LogP contribution in [0.1, 0.15) is 68.0 Å². The number of hydrogen-bond acceptors (Lipinski definition) is 4. The Morgan fingerprint density at radius 2 is 2.13 bits per heavy atom. The van der Waals surface area contributed by atoms with Crippen molar-refractivity contribution in [1.29, 1.82) is 0 Å². The van der Waals surface area contributed by atoms with Gasteiger partial charge < -0.3 is 9.30 Å². The SMILES string of the molecule is CCOC(=O)c1c(C)n(C(C)C2CCCCC2)c2ncncc12. The molecule has 0 saturated heterocycles. The first kappa shape index (κ1) is 16.0. The first-order valence-corrected chi connectivity index (χ1v) is 8.62. The highest BCUT2D eigenvalue weighted by Crippen LogP contribution is 2.37. The lowest BCUT2D eigenvalue weighted by Crippen LogP contribution is -2.20. The summed E-state index contributed by atoms with van der Waals surface area (Å²) in [5.74, 6) is 0.363. The van der Waals surface area contributed by atoms with E-state index in [1.54, 1.807) is 12.5 Å². The van der Waals surface area contributed by atoms with Crippen LogP contribution in [0.5, 0.6) is 0 Å². The highest BCUT2D eigenvalue weighted by atomic mass is 16.5. The van der Waals surface area contributed by atoms with E-state index in [4.69, 9.17) is 4.74 Å². The molecule has 23 heavy (non-hydrogen) atoms. The summed E-state index contributed by atoms with van der Waals surface area (Å²) in [7, 11) is 0. The third kappa shape index (κ3) is 2.84. The van der Waals surface area contributed by atoms with Crippen LogP contribution >= 0.6 is 0 Å². The molecule has 124 valence electrons. The van der Waals surface area contributed by atoms with Gasteiger partial charge >= 0.3 is 5.97 Å². The first-order chi connectivity index (χ1) is 11.1. The molecule has 0 radical (unpaired) electrons. The number of aromatic nitrogens is 3. The second kappa shape index (κ2) is 6.69. The van der Waals surface area contributed by atoms with Crippen LogP contribution in [-0.2, 0) is 4.74 Å². The van der Waals surface area contributed by atoms with Gasteiger partial charge in [-0.15, -0.1) is 0 Å². The topological polar surface area (TPSA) is 57.0 Å². The summed E-state index contributed by atoms with van der Waals surface area (Å²) in [6.07, 6.45) is 9.72. The fourth-order valence-corrected chi connectivity index (χ4v) is 3.95. The molecule has 1 saturated carbocycles. The maximum Gasteiger partial charge on any atom is 0.340 e. The van der Waals surface area contributed by atoms with E-state index in [-0.39, 0.29) is 5.97 Å². The van der Waals surface area contributed by atoms with Gasteiger partial charge in [-0.3, -0.25) is 0 Å². The molecule has 0 aromatic carbocycles. The Balaban J connectivity index is 2.09. The summed E-state index contributed by atoms with van der Waals surface area (Å²) in [5.41, 5.74) is 2.40. The molecule has 1 fully saturated rings. The molecule has 0 amide bonds. The molecule has 1 aliphatic carbocycles. The largest absolute Gasteiger partial charge is 0.462 e. The number of hydrogen-bond donors (Lipinski definition) is 0. The molecule has 0 bridgehead atoms. The van der Waals surface area contributed by atoms with Crippen LogP contribution < -0.4 is 0 Å². The van der Waals surface area contributed by atoms with E-state index in [0.717, 1.165) is 16.7 Å². The summed E-state index contributed by atoms with van der Waals surface area (Å²) < 4.78 is 7.47. The molecule has 1 atom stereocenters. The lowest BCUT2D eigenvalue weighted by atomic mass is 9.84. The molecular formula is C18H25N3O2. The molecule has 1 aliphatic rings. The molecule has 1 unspecified atom stereocenters. The van der Waals surface area contributed by atoms with E-state index in [0.29, 0.717) is 24.1 Å². The van der Waals surface area contributed by atoms with Gasteiger partial charge in [-0.2, -0.15) is 0 Å². The third-order valence-electron chi connectivity index (χ3n) is 5.13. The summed E-state index contributed by atoms with van der Waals surface area (Å²) in [4.78, 5) is 21.0. The fraction of sp³-hybridized carbons (Fsp3) is 0.611. The Labute approximate surface area is 137 Å². The van der Waals surface area contributed by atoms with Gasteiger partial charge in [-0.05, 0) is 39.5 Å². The van der Waals surface area contributed by atoms with E-state index in [1.807, 2.05) is 13.8 Å². The average Bonchev–Trinajstić information content (AvgIpc) is 2.87. The van der Waals surface area contributed by atoms with Crippen molar-refractivity contribution in [1.82, 2.24) is 14.5 Å². The molecule has 5 heteroatoms. The normalized spacial score (nSPS) is 17.3. The summed E-state index contributed by atoms with van der Waals surface area (Å²) in [6.45, 7) is 6.44. The Hall–Kier alpha value is -1.91. The van der Waals surface area contributed by atoms with Gasteiger partial charge in [0.25, 0.3) is 0 Å². The summed E-state index contributed by atoms with van der Waals surface area (Å²) >= 11 is 0. The zero-order chi connectivity index (χ0) is 16.4. The maximum atomic E-state index is 12.4. The quantitative estimate of drug-likeness (QED) is 0.798. The lowest BCUT2D eigenvalue weighted by Gasteiger charge is -2.30. The molecule has 3 rings (SSSR count). The van der Waals surface area contributed by atoms with Crippen LogP contribution in [-0.4, -0.2) is 27.1 Å². The van der Waals surface area contributed by atoms with E-state index >= 15 is 0 Å². The number of fused-ring (bicyclic) bond motifs is 1. The Kier molecular flexibility index (Phi) is 4.64. The molecule has 0 spiro atoms. The van der Waals surface area contributed by atoms with Gasteiger partial charge in [0.1, 0.15) is 12.0 Å². The zero-order valence-electron chi connectivity index (χ0n) is 14.2. The van der Waals surface area contributed by atoms with Gasteiger partial charge in [0, 0.05) is 17.9 Å². The summed E-state index contributed by atoms with van der Waals surface area (Å²) in [6, 6.07) is 0.330. The van der Waals surface area contributed by atoms with Crippen molar-refractivity contribution >= 4 is 17.0 Å². The van der Waals surface area contributed by atoms with Gasteiger partial charge in [-0.25, -0.2) is 14.8 Å². The lowest BCUT2D eigenvalue weighted by molar-refractivity contribution is 0.0527.